The molecule has 0 spiro atoms. The molecule has 5 nitrogen and oxygen atoms in total. The molecule has 2 rings (SSSR count). The molecule has 0 radical (unpaired) electrons. The van der Waals surface area contributed by atoms with Gasteiger partial charge in [0.1, 0.15) is 5.75 Å². The molecular weight excluding hydrogens is 316 g/mol. The fourth-order valence-electron chi connectivity index (χ4n) is 2.74. The highest BCUT2D eigenvalue weighted by molar-refractivity contribution is 5.92. The van der Waals surface area contributed by atoms with Crippen LogP contribution in [0.4, 0.5) is 0 Å². The van der Waals surface area contributed by atoms with Crippen LogP contribution >= 0.6 is 0 Å². The Bertz CT molecular complexity index is 627. The van der Waals surface area contributed by atoms with Gasteiger partial charge in [-0.05, 0) is 31.9 Å². The molecule has 25 heavy (non-hydrogen) atoms. The van der Waals surface area contributed by atoms with Gasteiger partial charge in [-0.2, -0.15) is 0 Å². The lowest BCUT2D eigenvalue weighted by molar-refractivity contribution is -0.130. The van der Waals surface area contributed by atoms with Crippen LogP contribution in [0.2, 0.25) is 0 Å². The number of rotatable bonds is 5. The van der Waals surface area contributed by atoms with Crippen molar-refractivity contribution in [1.82, 2.24) is 9.80 Å². The van der Waals surface area contributed by atoms with E-state index < -0.39 is 0 Å². The molecule has 1 heterocycles. The summed E-state index contributed by atoms with van der Waals surface area (Å²) < 4.78 is 5.91. The van der Waals surface area contributed by atoms with Crippen LogP contribution in [-0.2, 0) is 9.59 Å². The summed E-state index contributed by atoms with van der Waals surface area (Å²) in [6, 6.07) is 7.74. The van der Waals surface area contributed by atoms with Crippen LogP contribution in [0, 0.1) is 0 Å². The second kappa shape index (κ2) is 9.25. The number of benzene rings is 1. The van der Waals surface area contributed by atoms with E-state index >= 15 is 0 Å². The first-order chi connectivity index (χ1) is 12.0. The fourth-order valence-corrected chi connectivity index (χ4v) is 2.74. The molecule has 0 N–H and O–H groups in total. The third kappa shape index (κ3) is 5.62. The molecule has 0 unspecified atom stereocenters. The lowest BCUT2D eigenvalue weighted by Crippen LogP contribution is -2.35. The molecule has 1 aromatic rings. The van der Waals surface area contributed by atoms with Gasteiger partial charge in [0.05, 0.1) is 6.10 Å². The minimum atomic E-state index is -0.0243. The second-order valence-electron chi connectivity index (χ2n) is 6.39. The highest BCUT2D eigenvalue weighted by atomic mass is 16.5. The predicted molar refractivity (Wildman–Crippen MR) is 99.3 cm³/mol. The number of para-hydroxylation sites is 1. The van der Waals surface area contributed by atoms with E-state index in [0.717, 1.165) is 24.2 Å². The maximum absolute atomic E-state index is 12.5. The highest BCUT2D eigenvalue weighted by Gasteiger charge is 2.18. The Morgan fingerprint density at radius 1 is 1.16 bits per heavy atom. The molecule has 1 fully saturated rings. The van der Waals surface area contributed by atoms with Crippen LogP contribution in [0.25, 0.3) is 6.08 Å². The van der Waals surface area contributed by atoms with Gasteiger partial charge in [0, 0.05) is 44.7 Å². The predicted octanol–water partition coefficient (Wildman–Crippen LogP) is 2.96. The van der Waals surface area contributed by atoms with Crippen molar-refractivity contribution in [1.29, 1.82) is 0 Å². The zero-order valence-corrected chi connectivity index (χ0v) is 15.4. The van der Waals surface area contributed by atoms with Crippen LogP contribution in [0.3, 0.4) is 0 Å². The first kappa shape index (κ1) is 19.0. The molecule has 1 aromatic carbocycles. The topological polar surface area (TPSA) is 49.9 Å². The summed E-state index contributed by atoms with van der Waals surface area (Å²) in [7, 11) is 0. The number of hydrogen-bond donors (Lipinski definition) is 0. The Morgan fingerprint density at radius 2 is 1.84 bits per heavy atom. The Balaban J connectivity index is 2.01. The number of nitrogens with zero attached hydrogens (tertiary/aromatic N) is 2. The lowest BCUT2D eigenvalue weighted by atomic mass is 10.1. The highest BCUT2D eigenvalue weighted by Crippen LogP contribution is 2.21. The molecule has 0 aromatic heterocycles. The van der Waals surface area contributed by atoms with E-state index in [0.29, 0.717) is 26.2 Å². The summed E-state index contributed by atoms with van der Waals surface area (Å²) in [4.78, 5) is 27.6. The molecule has 1 atom stereocenters. The zero-order chi connectivity index (χ0) is 18.2. The second-order valence-corrected chi connectivity index (χ2v) is 6.39. The van der Waals surface area contributed by atoms with Crippen molar-refractivity contribution in [2.75, 3.05) is 26.2 Å². The van der Waals surface area contributed by atoms with Gasteiger partial charge in [0.15, 0.2) is 0 Å². The van der Waals surface area contributed by atoms with Crippen molar-refractivity contribution in [3.63, 3.8) is 0 Å². The van der Waals surface area contributed by atoms with Crippen molar-refractivity contribution in [3.8, 4) is 5.75 Å². The summed E-state index contributed by atoms with van der Waals surface area (Å²) in [5.41, 5.74) is 0.899. The first-order valence-corrected chi connectivity index (χ1v) is 8.99. The summed E-state index contributed by atoms with van der Waals surface area (Å²) in [5, 5.41) is 0. The molecule has 1 saturated heterocycles. The quantitative estimate of drug-likeness (QED) is 0.772. The van der Waals surface area contributed by atoms with Crippen LogP contribution in [0.15, 0.2) is 30.3 Å². The monoisotopic (exact) mass is 344 g/mol. The van der Waals surface area contributed by atoms with Crippen LogP contribution in [0.5, 0.6) is 5.75 Å². The van der Waals surface area contributed by atoms with Crippen LogP contribution < -0.4 is 4.74 Å². The summed E-state index contributed by atoms with van der Waals surface area (Å²) >= 11 is 0. The third-order valence-corrected chi connectivity index (χ3v) is 4.48. The molecule has 0 bridgehead atoms. The Kier molecular flexibility index (Phi) is 7.04. The number of amides is 2. The van der Waals surface area contributed by atoms with E-state index in [4.69, 9.17) is 4.74 Å². The minimum absolute atomic E-state index is 0.0243. The van der Waals surface area contributed by atoms with Crippen molar-refractivity contribution in [2.45, 2.75) is 39.7 Å². The maximum atomic E-state index is 12.5. The number of hydrogen-bond acceptors (Lipinski definition) is 3. The molecule has 5 heteroatoms. The SMILES string of the molecule is CC[C@@H](C)Oc1ccccc1/C=C/C(=O)N1CCCN(C(C)=O)CC1. The van der Waals surface area contributed by atoms with Crippen LogP contribution in [0.1, 0.15) is 39.2 Å². The standard InChI is InChI=1S/C20H28N2O3/c1-4-16(2)25-19-9-6-5-8-18(19)10-11-20(24)22-13-7-12-21(14-15-22)17(3)23/h5-6,8-11,16H,4,7,12-15H2,1-3H3/b11-10+/t16-/m1/s1. The van der Waals surface area contributed by atoms with Crippen molar-refractivity contribution >= 4 is 17.9 Å². The van der Waals surface area contributed by atoms with E-state index in [2.05, 4.69) is 6.92 Å². The Hall–Kier alpha value is -2.30. The van der Waals surface area contributed by atoms with E-state index in [1.165, 1.54) is 0 Å². The molecule has 0 aliphatic carbocycles. The Labute approximate surface area is 150 Å². The fraction of sp³-hybridized carbons (Fsp3) is 0.500. The van der Waals surface area contributed by atoms with Gasteiger partial charge >= 0.3 is 0 Å². The largest absolute Gasteiger partial charge is 0.490 e. The number of carbonyl (C=O) groups excluding carboxylic acids is 2. The minimum Gasteiger partial charge on any atom is -0.490 e. The van der Waals surface area contributed by atoms with Crippen molar-refractivity contribution < 1.29 is 14.3 Å². The van der Waals surface area contributed by atoms with Crippen molar-refractivity contribution in [2.24, 2.45) is 0 Å². The summed E-state index contributed by atoms with van der Waals surface area (Å²) in [6.45, 7) is 8.26. The summed E-state index contributed by atoms with van der Waals surface area (Å²) in [6.07, 6.45) is 5.29. The molecule has 1 aliphatic rings. The smallest absolute Gasteiger partial charge is 0.246 e. The van der Waals surface area contributed by atoms with E-state index in [1.54, 1.807) is 22.8 Å². The first-order valence-electron chi connectivity index (χ1n) is 8.99. The normalized spacial score (nSPS) is 16.6. The zero-order valence-electron chi connectivity index (χ0n) is 15.4. The molecule has 136 valence electrons. The maximum Gasteiger partial charge on any atom is 0.246 e. The Morgan fingerprint density at radius 3 is 2.56 bits per heavy atom. The van der Waals surface area contributed by atoms with Gasteiger partial charge in [-0.15, -0.1) is 0 Å². The average Bonchev–Trinajstić information content (AvgIpc) is 2.87. The molecule has 2 amide bonds. The molecular formula is C20H28N2O3. The van der Waals surface area contributed by atoms with Crippen LogP contribution in [-0.4, -0.2) is 53.9 Å². The number of carbonyl (C=O) groups is 2. The van der Waals surface area contributed by atoms with Gasteiger partial charge in [-0.3, -0.25) is 9.59 Å². The van der Waals surface area contributed by atoms with Gasteiger partial charge in [-0.25, -0.2) is 0 Å². The van der Waals surface area contributed by atoms with Gasteiger partial charge in [0.25, 0.3) is 0 Å². The van der Waals surface area contributed by atoms with Gasteiger partial charge in [-0.1, -0.05) is 25.1 Å². The van der Waals surface area contributed by atoms with E-state index in [-0.39, 0.29) is 17.9 Å². The third-order valence-electron chi connectivity index (χ3n) is 4.48. The molecule has 1 aliphatic heterocycles. The summed E-state index contributed by atoms with van der Waals surface area (Å²) in [5.74, 6) is 0.837. The van der Waals surface area contributed by atoms with E-state index in [1.807, 2.05) is 37.3 Å². The van der Waals surface area contributed by atoms with Gasteiger partial charge in [0.2, 0.25) is 11.8 Å². The lowest BCUT2D eigenvalue weighted by Gasteiger charge is -2.20. The van der Waals surface area contributed by atoms with Gasteiger partial charge < -0.3 is 14.5 Å². The molecule has 0 saturated carbocycles. The van der Waals surface area contributed by atoms with Crippen molar-refractivity contribution in [3.05, 3.63) is 35.9 Å². The number of ether oxygens (including phenoxy) is 1. The average molecular weight is 344 g/mol. The van der Waals surface area contributed by atoms with E-state index in [9.17, 15) is 9.59 Å².